The summed E-state index contributed by atoms with van der Waals surface area (Å²) in [5.41, 5.74) is 1.31. The Kier molecular flexibility index (Phi) is 3.41. The van der Waals surface area contributed by atoms with E-state index >= 15 is 0 Å². The predicted octanol–water partition coefficient (Wildman–Crippen LogP) is 0.760. The zero-order chi connectivity index (χ0) is 13.0. The van der Waals surface area contributed by atoms with Crippen molar-refractivity contribution in [3.8, 4) is 6.07 Å². The minimum absolute atomic E-state index is 0.0242. The molecule has 2 rings (SSSR count). The summed E-state index contributed by atoms with van der Waals surface area (Å²) in [5, 5.41) is 14.6. The molecule has 0 aliphatic heterocycles. The molecule has 1 aromatic carbocycles. The molecule has 2 aromatic rings. The lowest BCUT2D eigenvalue weighted by atomic mass is 10.1. The van der Waals surface area contributed by atoms with Crippen LogP contribution in [-0.2, 0) is 16.6 Å². The second-order valence-electron chi connectivity index (χ2n) is 3.55. The van der Waals surface area contributed by atoms with E-state index in [0.717, 1.165) is 5.56 Å². The first-order chi connectivity index (χ1) is 8.62. The van der Waals surface area contributed by atoms with Crippen molar-refractivity contribution in [1.29, 1.82) is 5.26 Å². The zero-order valence-electron chi connectivity index (χ0n) is 9.29. The molecule has 0 atom stereocenters. The maximum atomic E-state index is 11.8. The SMILES string of the molecule is N#Cc1ccc(CNS(=O)(=O)c2ccn[nH]2)cc1. The van der Waals surface area contributed by atoms with E-state index in [4.69, 9.17) is 5.26 Å². The smallest absolute Gasteiger partial charge is 0.257 e. The summed E-state index contributed by atoms with van der Waals surface area (Å²) < 4.78 is 25.9. The van der Waals surface area contributed by atoms with Crippen LogP contribution in [0.1, 0.15) is 11.1 Å². The molecule has 6 nitrogen and oxygen atoms in total. The standard InChI is InChI=1S/C11H10N4O2S/c12-7-9-1-3-10(4-2-9)8-14-18(16,17)11-5-6-13-15-11/h1-6,14H,8H2,(H,13,15). The Bertz CT molecular complexity index is 654. The van der Waals surface area contributed by atoms with E-state index in [2.05, 4.69) is 14.9 Å². The summed E-state index contributed by atoms with van der Waals surface area (Å²) >= 11 is 0. The lowest BCUT2D eigenvalue weighted by Crippen LogP contribution is -2.23. The van der Waals surface area contributed by atoms with Crippen molar-refractivity contribution in [3.05, 3.63) is 47.7 Å². The van der Waals surface area contributed by atoms with Crippen molar-refractivity contribution in [2.24, 2.45) is 0 Å². The molecular formula is C11H10N4O2S. The van der Waals surface area contributed by atoms with Crippen LogP contribution in [0.15, 0.2) is 41.6 Å². The highest BCUT2D eigenvalue weighted by atomic mass is 32.2. The number of sulfonamides is 1. The molecule has 0 saturated carbocycles. The number of benzene rings is 1. The number of H-pyrrole nitrogens is 1. The van der Waals surface area contributed by atoms with Crippen LogP contribution in [0.25, 0.3) is 0 Å². The van der Waals surface area contributed by atoms with Crippen LogP contribution in [0.3, 0.4) is 0 Å². The number of nitriles is 1. The summed E-state index contributed by atoms with van der Waals surface area (Å²) in [5.74, 6) is 0. The number of nitrogens with zero attached hydrogens (tertiary/aromatic N) is 2. The van der Waals surface area contributed by atoms with Gasteiger partial charge in [0, 0.05) is 6.54 Å². The third kappa shape index (κ3) is 2.74. The van der Waals surface area contributed by atoms with Gasteiger partial charge in [-0.3, -0.25) is 5.10 Å². The number of aromatic nitrogens is 2. The first-order valence-electron chi connectivity index (χ1n) is 5.10. The maximum absolute atomic E-state index is 11.8. The second-order valence-corrected chi connectivity index (χ2v) is 5.29. The number of rotatable bonds is 4. The van der Waals surface area contributed by atoms with E-state index in [1.807, 2.05) is 6.07 Å². The molecule has 0 amide bonds. The van der Waals surface area contributed by atoms with Crippen molar-refractivity contribution in [2.75, 3.05) is 0 Å². The second kappa shape index (κ2) is 5.00. The van der Waals surface area contributed by atoms with Crippen molar-refractivity contribution < 1.29 is 8.42 Å². The van der Waals surface area contributed by atoms with E-state index in [9.17, 15) is 8.42 Å². The Labute approximate surface area is 104 Å². The third-order valence-electron chi connectivity index (χ3n) is 2.31. The monoisotopic (exact) mass is 262 g/mol. The lowest BCUT2D eigenvalue weighted by molar-refractivity contribution is 0.577. The Balaban J connectivity index is 2.06. The maximum Gasteiger partial charge on any atom is 0.257 e. The molecule has 7 heteroatoms. The molecule has 0 aliphatic carbocycles. The van der Waals surface area contributed by atoms with Gasteiger partial charge in [-0.1, -0.05) is 12.1 Å². The quantitative estimate of drug-likeness (QED) is 0.849. The van der Waals surface area contributed by atoms with Gasteiger partial charge < -0.3 is 0 Å². The van der Waals surface area contributed by atoms with Gasteiger partial charge in [0.05, 0.1) is 17.8 Å². The van der Waals surface area contributed by atoms with Gasteiger partial charge in [0.25, 0.3) is 10.0 Å². The van der Waals surface area contributed by atoms with Gasteiger partial charge in [-0.25, -0.2) is 13.1 Å². The highest BCUT2D eigenvalue weighted by Crippen LogP contribution is 2.06. The molecule has 92 valence electrons. The van der Waals surface area contributed by atoms with Crippen LogP contribution in [0.4, 0.5) is 0 Å². The van der Waals surface area contributed by atoms with E-state index in [1.165, 1.54) is 12.3 Å². The van der Waals surface area contributed by atoms with Gasteiger partial charge in [0.1, 0.15) is 0 Å². The Morgan fingerprint density at radius 3 is 2.56 bits per heavy atom. The number of hydrogen-bond donors (Lipinski definition) is 2. The minimum atomic E-state index is -3.56. The Hall–Kier alpha value is -2.17. The fourth-order valence-corrected chi connectivity index (χ4v) is 2.27. The van der Waals surface area contributed by atoms with E-state index in [1.54, 1.807) is 24.3 Å². The molecular weight excluding hydrogens is 252 g/mol. The van der Waals surface area contributed by atoms with E-state index in [0.29, 0.717) is 5.56 Å². The highest BCUT2D eigenvalue weighted by molar-refractivity contribution is 7.89. The summed E-state index contributed by atoms with van der Waals surface area (Å²) in [6.45, 7) is 0.160. The highest BCUT2D eigenvalue weighted by Gasteiger charge is 2.14. The first-order valence-corrected chi connectivity index (χ1v) is 6.58. The van der Waals surface area contributed by atoms with Crippen LogP contribution in [0, 0.1) is 11.3 Å². The fourth-order valence-electron chi connectivity index (χ4n) is 1.35. The molecule has 0 fully saturated rings. The largest absolute Gasteiger partial charge is 0.266 e. The molecule has 0 bridgehead atoms. The normalized spacial score (nSPS) is 11.1. The van der Waals surface area contributed by atoms with Crippen LogP contribution in [-0.4, -0.2) is 18.6 Å². The van der Waals surface area contributed by atoms with Crippen LogP contribution in [0.2, 0.25) is 0 Å². The molecule has 0 unspecified atom stereocenters. The zero-order valence-corrected chi connectivity index (χ0v) is 10.1. The Morgan fingerprint density at radius 2 is 2.00 bits per heavy atom. The summed E-state index contributed by atoms with van der Waals surface area (Å²) in [4.78, 5) is 0. The summed E-state index contributed by atoms with van der Waals surface area (Å²) in [6.07, 6.45) is 1.37. The van der Waals surface area contributed by atoms with E-state index < -0.39 is 10.0 Å². The minimum Gasteiger partial charge on any atom is -0.266 e. The Morgan fingerprint density at radius 1 is 1.28 bits per heavy atom. The number of hydrogen-bond acceptors (Lipinski definition) is 4. The molecule has 1 aromatic heterocycles. The summed E-state index contributed by atoms with van der Waals surface area (Å²) in [6, 6.07) is 10.1. The van der Waals surface area contributed by atoms with Gasteiger partial charge in [-0.05, 0) is 23.8 Å². The van der Waals surface area contributed by atoms with Gasteiger partial charge >= 0.3 is 0 Å². The molecule has 0 aliphatic rings. The molecule has 0 spiro atoms. The molecule has 0 saturated heterocycles. The lowest BCUT2D eigenvalue weighted by Gasteiger charge is -2.04. The van der Waals surface area contributed by atoms with Crippen LogP contribution in [0.5, 0.6) is 0 Å². The van der Waals surface area contributed by atoms with Crippen LogP contribution >= 0.6 is 0 Å². The van der Waals surface area contributed by atoms with Crippen molar-refractivity contribution >= 4 is 10.0 Å². The van der Waals surface area contributed by atoms with Gasteiger partial charge in [0.15, 0.2) is 5.03 Å². The van der Waals surface area contributed by atoms with Crippen molar-refractivity contribution in [2.45, 2.75) is 11.6 Å². The predicted molar refractivity (Wildman–Crippen MR) is 63.8 cm³/mol. The van der Waals surface area contributed by atoms with Crippen LogP contribution < -0.4 is 4.72 Å². The topological polar surface area (TPSA) is 98.6 Å². The number of aromatic amines is 1. The van der Waals surface area contributed by atoms with Gasteiger partial charge in [-0.15, -0.1) is 0 Å². The van der Waals surface area contributed by atoms with Crippen molar-refractivity contribution in [3.63, 3.8) is 0 Å². The number of nitrogens with one attached hydrogen (secondary N) is 2. The molecule has 0 radical (unpaired) electrons. The first kappa shape index (κ1) is 12.3. The fraction of sp³-hybridized carbons (Fsp3) is 0.0909. The van der Waals surface area contributed by atoms with Crippen molar-refractivity contribution in [1.82, 2.24) is 14.9 Å². The van der Waals surface area contributed by atoms with Gasteiger partial charge in [-0.2, -0.15) is 10.4 Å². The molecule has 18 heavy (non-hydrogen) atoms. The van der Waals surface area contributed by atoms with E-state index in [-0.39, 0.29) is 11.6 Å². The average Bonchev–Trinajstić information content (AvgIpc) is 2.92. The third-order valence-corrected chi connectivity index (χ3v) is 3.64. The average molecular weight is 262 g/mol. The van der Waals surface area contributed by atoms with Gasteiger partial charge in [0.2, 0.25) is 0 Å². The molecule has 2 N–H and O–H groups in total. The molecule has 1 heterocycles. The summed E-state index contributed by atoms with van der Waals surface area (Å²) in [7, 11) is -3.56.